The quantitative estimate of drug-likeness (QED) is 0.880. The van der Waals surface area contributed by atoms with E-state index in [0.717, 1.165) is 37.2 Å². The smallest absolute Gasteiger partial charge is 0.123 e. The van der Waals surface area contributed by atoms with E-state index in [0.29, 0.717) is 6.04 Å². The van der Waals surface area contributed by atoms with E-state index in [-0.39, 0.29) is 30.0 Å². The molecule has 0 spiro atoms. The summed E-state index contributed by atoms with van der Waals surface area (Å²) in [4.78, 5) is 2.34. The molecule has 1 unspecified atom stereocenters. The fourth-order valence-corrected chi connectivity index (χ4v) is 3.25. The molecule has 0 aromatic heterocycles. The average molecular weight is 353 g/mol. The van der Waals surface area contributed by atoms with Crippen LogP contribution in [0.5, 0.6) is 0 Å². The number of rotatable bonds is 5. The molecule has 24 heavy (non-hydrogen) atoms. The van der Waals surface area contributed by atoms with Crippen molar-refractivity contribution >= 4 is 12.4 Å². The van der Waals surface area contributed by atoms with E-state index in [1.165, 1.54) is 24.3 Å². The molecule has 0 amide bonds. The molecule has 1 N–H and O–H groups in total. The molecular weight excluding hydrogens is 330 g/mol. The van der Waals surface area contributed by atoms with E-state index >= 15 is 0 Å². The number of likely N-dealkylation sites (N-methyl/N-ethyl adjacent to an activating group) is 1. The standard InChI is InChI=1S/C19H22F2N2.ClH/c1-23(18-10-11-22-12-18)13-19(14-2-6-16(20)7-3-14)15-4-8-17(21)9-5-15;/h2-9,18-19,22H,10-13H2,1H3;1H. The molecule has 1 aliphatic rings. The zero-order valence-corrected chi connectivity index (χ0v) is 14.5. The number of benzene rings is 2. The van der Waals surface area contributed by atoms with Gasteiger partial charge in [0.15, 0.2) is 0 Å². The van der Waals surface area contributed by atoms with Gasteiger partial charge in [-0.3, -0.25) is 0 Å². The van der Waals surface area contributed by atoms with Crippen LogP contribution in [0.2, 0.25) is 0 Å². The molecule has 3 rings (SSSR count). The highest BCUT2D eigenvalue weighted by molar-refractivity contribution is 5.85. The van der Waals surface area contributed by atoms with Crippen LogP contribution >= 0.6 is 12.4 Å². The van der Waals surface area contributed by atoms with Crippen LogP contribution in [0, 0.1) is 11.6 Å². The second-order valence-electron chi connectivity index (χ2n) is 6.24. The summed E-state index contributed by atoms with van der Waals surface area (Å²) in [6, 6.07) is 13.8. The molecule has 2 nitrogen and oxygen atoms in total. The Kier molecular flexibility index (Phi) is 6.72. The summed E-state index contributed by atoms with van der Waals surface area (Å²) in [7, 11) is 2.12. The summed E-state index contributed by atoms with van der Waals surface area (Å²) in [6.45, 7) is 2.87. The van der Waals surface area contributed by atoms with Crippen molar-refractivity contribution in [3.05, 3.63) is 71.3 Å². The molecule has 1 atom stereocenters. The van der Waals surface area contributed by atoms with Crippen molar-refractivity contribution in [2.75, 3.05) is 26.7 Å². The summed E-state index contributed by atoms with van der Waals surface area (Å²) in [6.07, 6.45) is 1.13. The largest absolute Gasteiger partial charge is 0.315 e. The van der Waals surface area contributed by atoms with E-state index in [1.807, 2.05) is 24.3 Å². The third-order valence-corrected chi connectivity index (χ3v) is 4.67. The van der Waals surface area contributed by atoms with Gasteiger partial charge in [-0.15, -0.1) is 12.4 Å². The molecule has 0 bridgehead atoms. The molecule has 5 heteroatoms. The van der Waals surface area contributed by atoms with Gasteiger partial charge in [0.1, 0.15) is 11.6 Å². The molecule has 130 valence electrons. The number of hydrogen-bond acceptors (Lipinski definition) is 2. The van der Waals surface area contributed by atoms with Gasteiger partial charge in [0, 0.05) is 25.0 Å². The maximum Gasteiger partial charge on any atom is 0.123 e. The van der Waals surface area contributed by atoms with E-state index in [4.69, 9.17) is 0 Å². The Labute approximate surface area is 148 Å². The van der Waals surface area contributed by atoms with Crippen LogP contribution in [0.15, 0.2) is 48.5 Å². The highest BCUT2D eigenvalue weighted by atomic mass is 35.5. The maximum atomic E-state index is 13.2. The summed E-state index contributed by atoms with van der Waals surface area (Å²) in [5.41, 5.74) is 2.10. The Morgan fingerprint density at radius 1 is 1.00 bits per heavy atom. The van der Waals surface area contributed by atoms with Crippen LogP contribution in [-0.2, 0) is 0 Å². The molecular formula is C19H23ClF2N2. The fourth-order valence-electron chi connectivity index (χ4n) is 3.25. The molecule has 2 aromatic rings. The van der Waals surface area contributed by atoms with Gasteiger partial charge in [0.05, 0.1) is 0 Å². The van der Waals surface area contributed by atoms with E-state index in [1.54, 1.807) is 0 Å². The van der Waals surface area contributed by atoms with Gasteiger partial charge in [-0.2, -0.15) is 0 Å². The van der Waals surface area contributed by atoms with Crippen LogP contribution in [0.4, 0.5) is 8.78 Å². The van der Waals surface area contributed by atoms with Gasteiger partial charge in [-0.25, -0.2) is 8.78 Å². The normalized spacial score (nSPS) is 17.3. The van der Waals surface area contributed by atoms with Crippen LogP contribution < -0.4 is 5.32 Å². The molecule has 1 saturated heterocycles. The molecule has 1 fully saturated rings. The Bertz CT molecular complexity index is 579. The van der Waals surface area contributed by atoms with Gasteiger partial charge < -0.3 is 10.2 Å². The highest BCUT2D eigenvalue weighted by Crippen LogP contribution is 2.27. The van der Waals surface area contributed by atoms with Crippen LogP contribution in [0.1, 0.15) is 23.5 Å². The van der Waals surface area contributed by atoms with Crippen LogP contribution in [-0.4, -0.2) is 37.6 Å². The maximum absolute atomic E-state index is 13.2. The summed E-state index contributed by atoms with van der Waals surface area (Å²) >= 11 is 0. The van der Waals surface area contributed by atoms with Gasteiger partial charge in [-0.05, 0) is 55.4 Å². The Morgan fingerprint density at radius 3 is 1.92 bits per heavy atom. The molecule has 2 aromatic carbocycles. The van der Waals surface area contributed by atoms with Crippen molar-refractivity contribution in [3.63, 3.8) is 0 Å². The minimum absolute atomic E-state index is 0. The minimum Gasteiger partial charge on any atom is -0.315 e. The Balaban J connectivity index is 0.00000208. The first-order chi connectivity index (χ1) is 11.1. The van der Waals surface area contributed by atoms with Crippen LogP contribution in [0.25, 0.3) is 0 Å². The molecule has 0 radical (unpaired) electrons. The second kappa shape index (κ2) is 8.56. The minimum atomic E-state index is -0.236. The lowest BCUT2D eigenvalue weighted by Crippen LogP contribution is -2.36. The first kappa shape index (κ1) is 18.8. The van der Waals surface area contributed by atoms with Gasteiger partial charge >= 0.3 is 0 Å². The lowest BCUT2D eigenvalue weighted by molar-refractivity contribution is 0.249. The summed E-state index contributed by atoms with van der Waals surface area (Å²) in [5, 5.41) is 3.38. The van der Waals surface area contributed by atoms with Crippen molar-refractivity contribution in [1.29, 1.82) is 0 Å². The Hall–Kier alpha value is -1.49. The third kappa shape index (κ3) is 4.53. The van der Waals surface area contributed by atoms with Crippen molar-refractivity contribution in [3.8, 4) is 0 Å². The molecule has 1 aliphatic heterocycles. The number of nitrogens with zero attached hydrogens (tertiary/aromatic N) is 1. The van der Waals surface area contributed by atoms with Gasteiger partial charge in [-0.1, -0.05) is 24.3 Å². The van der Waals surface area contributed by atoms with Crippen molar-refractivity contribution in [2.45, 2.75) is 18.4 Å². The van der Waals surface area contributed by atoms with Crippen molar-refractivity contribution in [1.82, 2.24) is 10.2 Å². The average Bonchev–Trinajstić information content (AvgIpc) is 3.09. The van der Waals surface area contributed by atoms with Crippen molar-refractivity contribution < 1.29 is 8.78 Å². The molecule has 0 saturated carbocycles. The highest BCUT2D eigenvalue weighted by Gasteiger charge is 2.23. The van der Waals surface area contributed by atoms with E-state index in [9.17, 15) is 8.78 Å². The lowest BCUT2D eigenvalue weighted by Gasteiger charge is -2.29. The second-order valence-corrected chi connectivity index (χ2v) is 6.24. The monoisotopic (exact) mass is 352 g/mol. The lowest BCUT2D eigenvalue weighted by atomic mass is 9.90. The van der Waals surface area contributed by atoms with Gasteiger partial charge in [0.2, 0.25) is 0 Å². The SMILES string of the molecule is CN(CC(c1ccc(F)cc1)c1ccc(F)cc1)C1CCNC1.Cl. The zero-order valence-electron chi connectivity index (χ0n) is 13.7. The number of nitrogens with one attached hydrogen (secondary N) is 1. The van der Waals surface area contributed by atoms with Crippen LogP contribution in [0.3, 0.4) is 0 Å². The predicted molar refractivity (Wildman–Crippen MR) is 95.8 cm³/mol. The van der Waals surface area contributed by atoms with Gasteiger partial charge in [0.25, 0.3) is 0 Å². The van der Waals surface area contributed by atoms with E-state index < -0.39 is 0 Å². The summed E-state index contributed by atoms with van der Waals surface area (Å²) < 4.78 is 26.5. The Morgan fingerprint density at radius 2 is 1.50 bits per heavy atom. The topological polar surface area (TPSA) is 15.3 Å². The summed E-state index contributed by atoms with van der Waals surface area (Å²) in [5.74, 6) is -0.373. The third-order valence-electron chi connectivity index (χ3n) is 4.67. The molecule has 0 aliphatic carbocycles. The fraction of sp³-hybridized carbons (Fsp3) is 0.368. The number of halogens is 3. The number of hydrogen-bond donors (Lipinski definition) is 1. The first-order valence-electron chi connectivity index (χ1n) is 8.05. The molecule has 1 heterocycles. The van der Waals surface area contributed by atoms with E-state index in [2.05, 4.69) is 17.3 Å². The first-order valence-corrected chi connectivity index (χ1v) is 8.05. The predicted octanol–water partition coefficient (Wildman–Crippen LogP) is 3.81. The zero-order chi connectivity index (χ0) is 16.2. The van der Waals surface area contributed by atoms with Crippen molar-refractivity contribution in [2.24, 2.45) is 0 Å².